The molecule has 4 N–H and O–H groups in total. The van der Waals surface area contributed by atoms with Crippen LogP contribution in [0.2, 0.25) is 0 Å². The summed E-state index contributed by atoms with van der Waals surface area (Å²) in [6.07, 6.45) is 0. The van der Waals surface area contributed by atoms with Gasteiger partial charge in [-0.05, 0) is 17.7 Å². The second kappa shape index (κ2) is 8.93. The summed E-state index contributed by atoms with van der Waals surface area (Å²) in [5, 5.41) is 16.0. The molecule has 0 bridgehead atoms. The van der Waals surface area contributed by atoms with Crippen molar-refractivity contribution in [3.05, 3.63) is 66.2 Å². The smallest absolute Gasteiger partial charge is 0.317 e. The zero-order valence-electron chi connectivity index (χ0n) is 11.8. The Hall–Kier alpha value is -2.22. The summed E-state index contributed by atoms with van der Waals surface area (Å²) in [7, 11) is -3.50. The van der Waals surface area contributed by atoms with Gasteiger partial charge in [-0.1, -0.05) is 48.5 Å². The minimum Gasteiger partial charge on any atom is -0.480 e. The van der Waals surface area contributed by atoms with Gasteiger partial charge < -0.3 is 10.4 Å². The number of primary sulfonamides is 1. The van der Waals surface area contributed by atoms with E-state index in [4.69, 9.17) is 10.2 Å². The van der Waals surface area contributed by atoms with Crippen molar-refractivity contribution >= 4 is 16.0 Å². The Morgan fingerprint density at radius 2 is 1.50 bits per heavy atom. The minimum absolute atomic E-state index is 0.00882. The van der Waals surface area contributed by atoms with Gasteiger partial charge in [-0.2, -0.15) is 0 Å². The van der Waals surface area contributed by atoms with Crippen LogP contribution in [0.1, 0.15) is 5.56 Å². The first-order valence-electron chi connectivity index (χ1n) is 6.44. The molecule has 22 heavy (non-hydrogen) atoms. The van der Waals surface area contributed by atoms with Crippen molar-refractivity contribution in [3.63, 3.8) is 0 Å². The summed E-state index contributed by atoms with van der Waals surface area (Å²) in [6.45, 7) is 0.613. The number of nitrogens with two attached hydrogens (primary N) is 1. The number of carboxylic acids is 1. The van der Waals surface area contributed by atoms with Gasteiger partial charge in [-0.3, -0.25) is 4.79 Å². The monoisotopic (exact) mass is 322 g/mol. The van der Waals surface area contributed by atoms with Gasteiger partial charge in [0.2, 0.25) is 10.0 Å². The van der Waals surface area contributed by atoms with Crippen molar-refractivity contribution < 1.29 is 18.3 Å². The van der Waals surface area contributed by atoms with Gasteiger partial charge in [-0.25, -0.2) is 13.6 Å². The molecule has 0 aliphatic rings. The van der Waals surface area contributed by atoms with Crippen LogP contribution in [0, 0.1) is 0 Å². The molecular weight excluding hydrogens is 304 g/mol. The second-order valence-electron chi connectivity index (χ2n) is 4.34. The molecule has 2 aromatic carbocycles. The number of hydrogen-bond acceptors (Lipinski definition) is 4. The topological polar surface area (TPSA) is 109 Å². The van der Waals surface area contributed by atoms with Gasteiger partial charge in [-0.15, -0.1) is 0 Å². The van der Waals surface area contributed by atoms with Crippen molar-refractivity contribution in [1.29, 1.82) is 0 Å². The van der Waals surface area contributed by atoms with Gasteiger partial charge in [0.05, 0.1) is 11.4 Å². The maximum Gasteiger partial charge on any atom is 0.317 e. The van der Waals surface area contributed by atoms with Gasteiger partial charge in [0.15, 0.2) is 0 Å². The molecule has 2 aromatic rings. The van der Waals surface area contributed by atoms with E-state index in [2.05, 4.69) is 5.32 Å². The van der Waals surface area contributed by atoms with Crippen LogP contribution >= 0.6 is 0 Å². The van der Waals surface area contributed by atoms with E-state index in [1.807, 2.05) is 30.3 Å². The number of carbonyl (C=O) groups is 1. The summed E-state index contributed by atoms with van der Waals surface area (Å²) >= 11 is 0. The zero-order valence-corrected chi connectivity index (χ0v) is 12.7. The second-order valence-corrected chi connectivity index (χ2v) is 5.90. The Balaban J connectivity index is 0.000000224. The van der Waals surface area contributed by atoms with E-state index in [0.29, 0.717) is 6.54 Å². The molecule has 0 saturated carbocycles. The summed E-state index contributed by atoms with van der Waals surface area (Å²) in [6, 6.07) is 17.6. The van der Waals surface area contributed by atoms with Crippen LogP contribution in [0.15, 0.2) is 65.6 Å². The summed E-state index contributed by atoms with van der Waals surface area (Å²) in [4.78, 5) is 10.3. The molecule has 0 saturated heterocycles. The van der Waals surface area contributed by atoms with Crippen LogP contribution in [0.3, 0.4) is 0 Å². The van der Waals surface area contributed by atoms with E-state index in [0.717, 1.165) is 5.56 Å². The highest BCUT2D eigenvalue weighted by Crippen LogP contribution is 2.03. The van der Waals surface area contributed by atoms with Crippen LogP contribution in [-0.4, -0.2) is 26.0 Å². The van der Waals surface area contributed by atoms with Gasteiger partial charge in [0.1, 0.15) is 0 Å². The lowest BCUT2D eigenvalue weighted by Crippen LogP contribution is -2.21. The third-order valence-electron chi connectivity index (χ3n) is 2.52. The van der Waals surface area contributed by atoms with E-state index >= 15 is 0 Å². The lowest BCUT2D eigenvalue weighted by atomic mass is 10.2. The molecule has 0 aliphatic carbocycles. The average molecular weight is 322 g/mol. The number of hydrogen-bond donors (Lipinski definition) is 3. The lowest BCUT2D eigenvalue weighted by Gasteiger charge is -2.00. The van der Waals surface area contributed by atoms with E-state index in [1.165, 1.54) is 12.1 Å². The van der Waals surface area contributed by atoms with Crippen molar-refractivity contribution in [2.75, 3.05) is 6.54 Å². The number of aliphatic carboxylic acids is 1. The van der Waals surface area contributed by atoms with Crippen LogP contribution in [0.25, 0.3) is 0 Å². The van der Waals surface area contributed by atoms with Crippen LogP contribution < -0.4 is 10.5 Å². The maximum atomic E-state index is 10.6. The van der Waals surface area contributed by atoms with Gasteiger partial charge in [0, 0.05) is 6.54 Å². The number of benzene rings is 2. The molecule has 0 fully saturated rings. The first kappa shape index (κ1) is 17.8. The lowest BCUT2D eigenvalue weighted by molar-refractivity contribution is -0.135. The molecule has 0 heterocycles. The molecule has 0 aliphatic heterocycles. The highest BCUT2D eigenvalue weighted by Gasteiger charge is 2.03. The molecule has 2 rings (SSSR count). The standard InChI is InChI=1S/C9H11NO2.C6H7NO2S/c11-9(12)7-10-6-8-4-2-1-3-5-8;7-10(8,9)6-4-2-1-3-5-6/h1-5,10H,6-7H2,(H,11,12);1-5H,(H2,7,8,9). The quantitative estimate of drug-likeness (QED) is 0.766. The molecule has 0 amide bonds. The fourth-order valence-corrected chi connectivity index (χ4v) is 2.06. The predicted molar refractivity (Wildman–Crippen MR) is 83.6 cm³/mol. The number of carboxylic acid groups (broad SMARTS) is 1. The minimum atomic E-state index is -3.50. The summed E-state index contributed by atoms with van der Waals surface area (Å²) in [5.41, 5.74) is 1.10. The SMILES string of the molecule is NS(=O)(=O)c1ccccc1.O=C(O)CNCc1ccccc1. The number of nitrogens with one attached hydrogen (secondary N) is 1. The molecule has 0 radical (unpaired) electrons. The van der Waals surface area contributed by atoms with E-state index in [1.54, 1.807) is 18.2 Å². The third-order valence-corrected chi connectivity index (χ3v) is 3.45. The molecule has 0 atom stereocenters. The van der Waals surface area contributed by atoms with E-state index < -0.39 is 16.0 Å². The molecule has 0 aromatic heterocycles. The molecule has 0 unspecified atom stereocenters. The van der Waals surface area contributed by atoms with Crippen molar-refractivity contribution in [1.82, 2.24) is 5.32 Å². The fourth-order valence-electron chi connectivity index (χ4n) is 1.52. The summed E-state index contributed by atoms with van der Waals surface area (Å²) < 4.78 is 21.2. The van der Waals surface area contributed by atoms with Gasteiger partial charge >= 0.3 is 5.97 Å². The molecule has 0 spiro atoms. The van der Waals surface area contributed by atoms with E-state index in [-0.39, 0.29) is 11.4 Å². The zero-order chi connectivity index (χ0) is 16.4. The Kier molecular flexibility index (Phi) is 7.24. The van der Waals surface area contributed by atoms with Crippen molar-refractivity contribution in [2.24, 2.45) is 5.14 Å². The normalized spacial score (nSPS) is 10.4. The Bertz CT molecular complexity index is 673. The number of rotatable bonds is 5. The first-order valence-corrected chi connectivity index (χ1v) is 7.98. The summed E-state index contributed by atoms with van der Waals surface area (Å²) in [5.74, 6) is -0.828. The number of sulfonamides is 1. The Morgan fingerprint density at radius 3 is 1.91 bits per heavy atom. The van der Waals surface area contributed by atoms with E-state index in [9.17, 15) is 13.2 Å². The van der Waals surface area contributed by atoms with Crippen LogP contribution in [-0.2, 0) is 21.4 Å². The highest BCUT2D eigenvalue weighted by atomic mass is 32.2. The maximum absolute atomic E-state index is 10.6. The largest absolute Gasteiger partial charge is 0.480 e. The Morgan fingerprint density at radius 1 is 1.00 bits per heavy atom. The average Bonchev–Trinajstić information content (AvgIpc) is 2.49. The predicted octanol–water partition coefficient (Wildman–Crippen LogP) is 1.19. The van der Waals surface area contributed by atoms with Crippen LogP contribution in [0.5, 0.6) is 0 Å². The first-order chi connectivity index (χ1) is 10.4. The van der Waals surface area contributed by atoms with Gasteiger partial charge in [0.25, 0.3) is 0 Å². The molecular formula is C15H18N2O4S. The Labute approximate surface area is 129 Å². The van der Waals surface area contributed by atoms with Crippen LogP contribution in [0.4, 0.5) is 0 Å². The van der Waals surface area contributed by atoms with Crippen molar-refractivity contribution in [3.8, 4) is 0 Å². The molecule has 6 nitrogen and oxygen atoms in total. The highest BCUT2D eigenvalue weighted by molar-refractivity contribution is 7.89. The third kappa shape index (κ3) is 7.53. The fraction of sp³-hybridized carbons (Fsp3) is 0.133. The molecule has 7 heteroatoms. The van der Waals surface area contributed by atoms with Crippen molar-refractivity contribution in [2.45, 2.75) is 11.4 Å². The molecule has 118 valence electrons.